The first-order chi connectivity index (χ1) is 7.43. The highest BCUT2D eigenvalue weighted by Gasteiger charge is 2.32. The van der Waals surface area contributed by atoms with Crippen molar-refractivity contribution in [1.82, 2.24) is 14.6 Å². The molecule has 1 saturated heterocycles. The molecule has 1 fully saturated rings. The molecule has 0 aromatic carbocycles. The lowest BCUT2D eigenvalue weighted by molar-refractivity contribution is 0.475. The molecule has 3 aliphatic heterocycles. The van der Waals surface area contributed by atoms with Crippen molar-refractivity contribution in [3.05, 3.63) is 24.2 Å². The Hall–Kier alpha value is -1.58. The highest BCUT2D eigenvalue weighted by atomic mass is 15.3. The lowest BCUT2D eigenvalue weighted by atomic mass is 9.84. The zero-order chi connectivity index (χ0) is 9.83. The van der Waals surface area contributed by atoms with Crippen LogP contribution >= 0.6 is 0 Å². The van der Waals surface area contributed by atoms with Gasteiger partial charge < -0.3 is 4.90 Å². The average Bonchev–Trinajstić information content (AvgIpc) is 2.78. The molecule has 76 valence electrons. The third kappa shape index (κ3) is 0.868. The Balaban J connectivity index is 2.11. The molecule has 5 rings (SSSR count). The molecule has 0 N–H and O–H groups in total. The maximum absolute atomic E-state index is 4.22. The summed E-state index contributed by atoms with van der Waals surface area (Å²) in [6, 6.07) is 2.24. The van der Waals surface area contributed by atoms with E-state index in [4.69, 9.17) is 0 Å². The molecule has 4 nitrogen and oxygen atoms in total. The van der Waals surface area contributed by atoms with Crippen LogP contribution in [0.3, 0.4) is 0 Å². The Morgan fingerprint density at radius 1 is 1.27 bits per heavy atom. The normalized spacial score (nSPS) is 19.9. The van der Waals surface area contributed by atoms with Gasteiger partial charge in [-0.15, -0.1) is 10.2 Å². The minimum Gasteiger partial charge on any atom is -0.368 e. The summed E-state index contributed by atoms with van der Waals surface area (Å²) in [5.41, 5.74) is 3.84. The second kappa shape index (κ2) is 2.51. The van der Waals surface area contributed by atoms with E-state index in [2.05, 4.69) is 27.4 Å². The first-order valence-corrected chi connectivity index (χ1v) is 5.51. The van der Waals surface area contributed by atoms with Gasteiger partial charge in [0.25, 0.3) is 0 Å². The molecule has 0 atom stereocenters. The van der Waals surface area contributed by atoms with Crippen LogP contribution in [0.4, 0.5) is 5.69 Å². The second-order valence-electron chi connectivity index (χ2n) is 4.44. The van der Waals surface area contributed by atoms with Crippen LogP contribution in [-0.2, 0) is 0 Å². The summed E-state index contributed by atoms with van der Waals surface area (Å²) in [5, 5.41) is 8.20. The topological polar surface area (TPSA) is 33.4 Å². The summed E-state index contributed by atoms with van der Waals surface area (Å²) in [6.45, 7) is 2.37. The molecule has 4 heteroatoms. The van der Waals surface area contributed by atoms with Crippen LogP contribution in [0.25, 0.3) is 5.65 Å². The van der Waals surface area contributed by atoms with E-state index in [1.807, 2.05) is 4.40 Å². The van der Waals surface area contributed by atoms with Gasteiger partial charge in [-0.05, 0) is 30.4 Å². The Morgan fingerprint density at radius 3 is 3.00 bits per heavy atom. The number of aromatic nitrogens is 3. The first-order valence-electron chi connectivity index (χ1n) is 5.51. The van der Waals surface area contributed by atoms with Crippen LogP contribution in [0, 0.1) is 0 Å². The van der Waals surface area contributed by atoms with Crippen LogP contribution < -0.4 is 4.90 Å². The van der Waals surface area contributed by atoms with Crippen LogP contribution in [0.1, 0.15) is 24.3 Å². The number of hydrogen-bond donors (Lipinski definition) is 0. The number of hydrogen-bond acceptors (Lipinski definition) is 3. The maximum Gasteiger partial charge on any atom is 0.184 e. The zero-order valence-corrected chi connectivity index (χ0v) is 8.43. The van der Waals surface area contributed by atoms with Crippen molar-refractivity contribution in [2.45, 2.75) is 18.8 Å². The smallest absolute Gasteiger partial charge is 0.184 e. The summed E-state index contributed by atoms with van der Waals surface area (Å²) in [5.74, 6) is 0.756. The molecule has 0 aliphatic carbocycles. The molecule has 2 aromatic rings. The highest BCUT2D eigenvalue weighted by Crippen LogP contribution is 2.43. The molecule has 0 unspecified atom stereocenters. The Morgan fingerprint density at radius 2 is 2.13 bits per heavy atom. The fraction of sp³-hybridized carbons (Fsp3) is 0.455. The zero-order valence-electron chi connectivity index (χ0n) is 8.43. The fourth-order valence-corrected chi connectivity index (χ4v) is 2.96. The van der Waals surface area contributed by atoms with E-state index in [0.29, 0.717) is 0 Å². The van der Waals surface area contributed by atoms with Gasteiger partial charge >= 0.3 is 0 Å². The van der Waals surface area contributed by atoms with Crippen molar-refractivity contribution in [3.8, 4) is 0 Å². The van der Waals surface area contributed by atoms with E-state index in [1.165, 1.54) is 37.2 Å². The largest absolute Gasteiger partial charge is 0.368 e. The third-order valence-electron chi connectivity index (χ3n) is 3.72. The van der Waals surface area contributed by atoms with E-state index in [1.54, 1.807) is 6.33 Å². The van der Waals surface area contributed by atoms with E-state index in [-0.39, 0.29) is 0 Å². The molecular weight excluding hydrogens is 188 g/mol. The van der Waals surface area contributed by atoms with Crippen molar-refractivity contribution in [2.24, 2.45) is 0 Å². The first kappa shape index (κ1) is 7.68. The molecule has 2 bridgehead atoms. The van der Waals surface area contributed by atoms with Crippen molar-refractivity contribution in [3.63, 3.8) is 0 Å². The van der Waals surface area contributed by atoms with Crippen molar-refractivity contribution < 1.29 is 0 Å². The number of anilines is 1. The molecule has 0 spiro atoms. The number of rotatable bonds is 0. The summed E-state index contributed by atoms with van der Waals surface area (Å²) in [4.78, 5) is 2.46. The maximum atomic E-state index is 4.22. The van der Waals surface area contributed by atoms with E-state index < -0.39 is 0 Å². The van der Waals surface area contributed by atoms with Gasteiger partial charge in [-0.2, -0.15) is 0 Å². The monoisotopic (exact) mass is 200 g/mol. The molecule has 15 heavy (non-hydrogen) atoms. The van der Waals surface area contributed by atoms with Crippen LogP contribution in [0.5, 0.6) is 0 Å². The number of nitrogens with zero attached hydrogens (tertiary/aromatic N) is 4. The molecule has 0 saturated carbocycles. The molecular formula is C11H12N4. The molecule has 2 aromatic heterocycles. The van der Waals surface area contributed by atoms with Gasteiger partial charge in [0.15, 0.2) is 5.65 Å². The van der Waals surface area contributed by atoms with Gasteiger partial charge in [-0.25, -0.2) is 0 Å². The van der Waals surface area contributed by atoms with Crippen LogP contribution in [0.2, 0.25) is 0 Å². The van der Waals surface area contributed by atoms with E-state index in [9.17, 15) is 0 Å². The van der Waals surface area contributed by atoms with Gasteiger partial charge in [0, 0.05) is 19.3 Å². The second-order valence-corrected chi connectivity index (χ2v) is 4.44. The summed E-state index contributed by atoms with van der Waals surface area (Å²) in [6.07, 6.45) is 6.46. The summed E-state index contributed by atoms with van der Waals surface area (Å²) >= 11 is 0. The third-order valence-corrected chi connectivity index (χ3v) is 3.72. The van der Waals surface area contributed by atoms with Gasteiger partial charge in [0.1, 0.15) is 6.33 Å². The van der Waals surface area contributed by atoms with Crippen molar-refractivity contribution >= 4 is 11.3 Å². The quantitative estimate of drug-likeness (QED) is 0.645. The van der Waals surface area contributed by atoms with Gasteiger partial charge in [-0.1, -0.05) is 0 Å². The van der Waals surface area contributed by atoms with Crippen molar-refractivity contribution in [2.75, 3.05) is 18.0 Å². The van der Waals surface area contributed by atoms with Gasteiger partial charge in [0.05, 0.1) is 5.69 Å². The lowest BCUT2D eigenvalue weighted by Gasteiger charge is -2.41. The summed E-state index contributed by atoms with van der Waals surface area (Å²) in [7, 11) is 0. The van der Waals surface area contributed by atoms with E-state index in [0.717, 1.165) is 11.6 Å². The SMILES string of the molecule is c1cn2cnnc2c2c1C1CCN2CC1. The molecule has 5 heterocycles. The highest BCUT2D eigenvalue weighted by molar-refractivity contribution is 5.75. The Bertz CT molecular complexity index is 522. The fourth-order valence-electron chi connectivity index (χ4n) is 2.96. The molecule has 0 amide bonds. The Labute approximate surface area is 87.5 Å². The predicted molar refractivity (Wildman–Crippen MR) is 57.2 cm³/mol. The number of fused-ring (bicyclic) bond motifs is 3. The lowest BCUT2D eigenvalue weighted by Crippen LogP contribution is -2.39. The minimum absolute atomic E-state index is 0.756. The molecule has 3 aliphatic rings. The number of pyridine rings is 1. The van der Waals surface area contributed by atoms with Gasteiger partial charge in [0.2, 0.25) is 0 Å². The van der Waals surface area contributed by atoms with E-state index >= 15 is 0 Å². The Kier molecular flexibility index (Phi) is 1.28. The van der Waals surface area contributed by atoms with Crippen LogP contribution in [0.15, 0.2) is 18.6 Å². The average molecular weight is 200 g/mol. The minimum atomic E-state index is 0.756. The van der Waals surface area contributed by atoms with Crippen LogP contribution in [-0.4, -0.2) is 27.7 Å². The number of piperidine rings is 1. The summed E-state index contributed by atoms with van der Waals surface area (Å²) < 4.78 is 2.01. The predicted octanol–water partition coefficient (Wildman–Crippen LogP) is 1.43. The standard InChI is InChI=1S/C11H12N4/c1-4-14-5-2-8(1)9-3-6-15-7-12-13-11(15)10(9)14/h3,6-8H,1-2,4-5H2. The van der Waals surface area contributed by atoms with Crippen molar-refractivity contribution in [1.29, 1.82) is 0 Å². The van der Waals surface area contributed by atoms with Gasteiger partial charge in [-0.3, -0.25) is 4.40 Å². The molecule has 0 radical (unpaired) electrons.